The molecule has 2 saturated carbocycles. The molecule has 0 aromatic carbocycles. The van der Waals surface area contributed by atoms with E-state index in [1.165, 1.54) is 19.3 Å². The van der Waals surface area contributed by atoms with Gasteiger partial charge < -0.3 is 0 Å². The van der Waals surface area contributed by atoms with Crippen molar-refractivity contribution in [2.75, 3.05) is 0 Å². The standard InChI is InChI=1S/C12H18/c1-2-4-8-7-11-9-5-3-6-10(9)12(8)11/h3,5,8-12H,2,4,6-7H2,1H3. The van der Waals surface area contributed by atoms with E-state index in [0.717, 1.165) is 29.6 Å². The van der Waals surface area contributed by atoms with E-state index < -0.39 is 0 Å². The molecule has 3 rings (SSSR count). The summed E-state index contributed by atoms with van der Waals surface area (Å²) in [5.41, 5.74) is 0. The summed E-state index contributed by atoms with van der Waals surface area (Å²) in [5, 5.41) is 0. The van der Waals surface area contributed by atoms with Crippen LogP contribution in [0.15, 0.2) is 12.2 Å². The molecule has 5 unspecified atom stereocenters. The first kappa shape index (κ1) is 7.17. The minimum absolute atomic E-state index is 1.03. The van der Waals surface area contributed by atoms with E-state index in [1.54, 1.807) is 6.42 Å². The van der Waals surface area contributed by atoms with E-state index in [-0.39, 0.29) is 0 Å². The molecule has 0 N–H and O–H groups in total. The molecule has 0 nitrogen and oxygen atoms in total. The van der Waals surface area contributed by atoms with Crippen molar-refractivity contribution in [3.8, 4) is 0 Å². The molecule has 3 aliphatic rings. The van der Waals surface area contributed by atoms with Gasteiger partial charge in [0.15, 0.2) is 0 Å². The fourth-order valence-electron chi connectivity index (χ4n) is 4.00. The van der Waals surface area contributed by atoms with E-state index in [2.05, 4.69) is 19.1 Å². The van der Waals surface area contributed by atoms with Gasteiger partial charge in [-0.25, -0.2) is 0 Å². The van der Waals surface area contributed by atoms with Crippen LogP contribution >= 0.6 is 0 Å². The van der Waals surface area contributed by atoms with Crippen LogP contribution in [0.5, 0.6) is 0 Å². The van der Waals surface area contributed by atoms with Crippen LogP contribution in [-0.2, 0) is 0 Å². The fraction of sp³-hybridized carbons (Fsp3) is 0.833. The van der Waals surface area contributed by atoms with Gasteiger partial charge in [0.1, 0.15) is 0 Å². The van der Waals surface area contributed by atoms with E-state index in [0.29, 0.717) is 0 Å². The zero-order valence-corrected chi connectivity index (χ0v) is 7.87. The minimum atomic E-state index is 1.03. The third kappa shape index (κ3) is 0.694. The van der Waals surface area contributed by atoms with Gasteiger partial charge in [0.05, 0.1) is 0 Å². The molecule has 3 aliphatic carbocycles. The Hall–Kier alpha value is -0.260. The lowest BCUT2D eigenvalue weighted by Crippen LogP contribution is -2.56. The summed E-state index contributed by atoms with van der Waals surface area (Å²) in [6.45, 7) is 2.33. The van der Waals surface area contributed by atoms with Gasteiger partial charge in [-0.2, -0.15) is 0 Å². The summed E-state index contributed by atoms with van der Waals surface area (Å²) in [4.78, 5) is 0. The summed E-state index contributed by atoms with van der Waals surface area (Å²) in [5.74, 6) is 5.54. The second-order valence-corrected chi connectivity index (χ2v) is 4.93. The van der Waals surface area contributed by atoms with Crippen molar-refractivity contribution in [3.05, 3.63) is 12.2 Å². The van der Waals surface area contributed by atoms with Crippen LogP contribution in [0.1, 0.15) is 32.6 Å². The first-order chi connectivity index (χ1) is 5.92. The van der Waals surface area contributed by atoms with Crippen LogP contribution in [0.4, 0.5) is 0 Å². The Morgan fingerprint density at radius 2 is 2.25 bits per heavy atom. The minimum Gasteiger partial charge on any atom is -0.0879 e. The maximum atomic E-state index is 2.49. The molecule has 0 aromatic heterocycles. The average Bonchev–Trinajstić information content (AvgIpc) is 2.40. The highest BCUT2D eigenvalue weighted by Gasteiger charge is 2.59. The molecule has 0 spiro atoms. The largest absolute Gasteiger partial charge is 0.0879 e. The lowest BCUT2D eigenvalue weighted by atomic mass is 9.43. The maximum absolute atomic E-state index is 2.49. The quantitative estimate of drug-likeness (QED) is 0.547. The van der Waals surface area contributed by atoms with Crippen molar-refractivity contribution in [3.63, 3.8) is 0 Å². The number of fused-ring (bicyclic) bond motifs is 4. The Bertz CT molecular complexity index is 216. The van der Waals surface area contributed by atoms with E-state index in [1.807, 2.05) is 0 Å². The monoisotopic (exact) mass is 162 g/mol. The Labute approximate surface area is 75.0 Å². The van der Waals surface area contributed by atoms with Crippen molar-refractivity contribution in [1.29, 1.82) is 0 Å². The first-order valence-corrected chi connectivity index (χ1v) is 5.58. The van der Waals surface area contributed by atoms with Crippen LogP contribution in [0.2, 0.25) is 0 Å². The molecule has 0 bridgehead atoms. The van der Waals surface area contributed by atoms with Gasteiger partial charge >= 0.3 is 0 Å². The molecule has 0 heterocycles. The first-order valence-electron chi connectivity index (χ1n) is 5.58. The number of hydrogen-bond acceptors (Lipinski definition) is 0. The fourth-order valence-corrected chi connectivity index (χ4v) is 4.00. The molecule has 5 atom stereocenters. The van der Waals surface area contributed by atoms with Gasteiger partial charge in [0.2, 0.25) is 0 Å². The van der Waals surface area contributed by atoms with Crippen LogP contribution in [-0.4, -0.2) is 0 Å². The highest BCUT2D eigenvalue weighted by Crippen LogP contribution is 2.65. The number of rotatable bonds is 2. The lowest BCUT2D eigenvalue weighted by molar-refractivity contribution is -0.126. The van der Waals surface area contributed by atoms with Gasteiger partial charge in [-0.05, 0) is 42.4 Å². The van der Waals surface area contributed by atoms with Crippen molar-refractivity contribution in [1.82, 2.24) is 0 Å². The van der Waals surface area contributed by atoms with Crippen LogP contribution in [0.3, 0.4) is 0 Å². The van der Waals surface area contributed by atoms with Crippen molar-refractivity contribution >= 4 is 0 Å². The molecule has 0 amide bonds. The summed E-state index contributed by atoms with van der Waals surface area (Å²) in [6.07, 6.45) is 10.8. The van der Waals surface area contributed by atoms with Gasteiger partial charge in [0, 0.05) is 0 Å². The third-order valence-corrected chi connectivity index (χ3v) is 4.52. The molecule has 2 fully saturated rings. The SMILES string of the molecule is CCCC1CC2C3C=CCC3C12. The lowest BCUT2D eigenvalue weighted by Gasteiger charge is -2.62. The van der Waals surface area contributed by atoms with Gasteiger partial charge in [-0.3, -0.25) is 0 Å². The Morgan fingerprint density at radius 3 is 3.08 bits per heavy atom. The van der Waals surface area contributed by atoms with E-state index in [9.17, 15) is 0 Å². The molecule has 0 aliphatic heterocycles. The van der Waals surface area contributed by atoms with Crippen LogP contribution in [0, 0.1) is 29.6 Å². The summed E-state index contributed by atoms with van der Waals surface area (Å²) in [6, 6.07) is 0. The van der Waals surface area contributed by atoms with Gasteiger partial charge in [0.25, 0.3) is 0 Å². The van der Waals surface area contributed by atoms with Crippen LogP contribution in [0.25, 0.3) is 0 Å². The number of hydrogen-bond donors (Lipinski definition) is 0. The Balaban J connectivity index is 1.66. The molecule has 12 heavy (non-hydrogen) atoms. The third-order valence-electron chi connectivity index (χ3n) is 4.52. The summed E-state index contributed by atoms with van der Waals surface area (Å²) >= 11 is 0. The van der Waals surface area contributed by atoms with Crippen molar-refractivity contribution < 1.29 is 0 Å². The number of allylic oxidation sites excluding steroid dienone is 2. The molecule has 0 saturated heterocycles. The zero-order valence-electron chi connectivity index (χ0n) is 7.87. The highest BCUT2D eigenvalue weighted by atomic mass is 14.6. The van der Waals surface area contributed by atoms with Crippen molar-refractivity contribution in [2.24, 2.45) is 29.6 Å². The van der Waals surface area contributed by atoms with Crippen molar-refractivity contribution in [2.45, 2.75) is 32.6 Å². The molecular formula is C12H18. The Morgan fingerprint density at radius 1 is 1.33 bits per heavy atom. The second-order valence-electron chi connectivity index (χ2n) is 4.93. The van der Waals surface area contributed by atoms with Crippen LogP contribution < -0.4 is 0 Å². The smallest absolute Gasteiger partial charge is 0.0168 e. The van der Waals surface area contributed by atoms with Gasteiger partial charge in [-0.15, -0.1) is 0 Å². The Kier molecular flexibility index (Phi) is 1.42. The molecule has 0 aromatic rings. The van der Waals surface area contributed by atoms with E-state index in [4.69, 9.17) is 0 Å². The van der Waals surface area contributed by atoms with E-state index >= 15 is 0 Å². The second kappa shape index (κ2) is 2.37. The highest BCUT2D eigenvalue weighted by molar-refractivity contribution is 5.19. The molecular weight excluding hydrogens is 144 g/mol. The normalized spacial score (nSPS) is 53.9. The predicted octanol–water partition coefficient (Wildman–Crippen LogP) is 3.24. The summed E-state index contributed by atoms with van der Waals surface area (Å²) < 4.78 is 0. The molecule has 0 heteroatoms. The van der Waals surface area contributed by atoms with Gasteiger partial charge in [-0.1, -0.05) is 31.9 Å². The molecule has 66 valence electrons. The molecule has 0 radical (unpaired) electrons. The maximum Gasteiger partial charge on any atom is -0.0168 e. The average molecular weight is 162 g/mol. The topological polar surface area (TPSA) is 0 Å². The summed E-state index contributed by atoms with van der Waals surface area (Å²) in [7, 11) is 0. The zero-order chi connectivity index (χ0) is 8.13. The predicted molar refractivity (Wildman–Crippen MR) is 50.7 cm³/mol.